The van der Waals surface area contributed by atoms with Crippen molar-refractivity contribution in [2.45, 2.75) is 4.90 Å². The van der Waals surface area contributed by atoms with Crippen molar-refractivity contribution in [3.8, 4) is 0 Å². The Bertz CT molecular complexity index is 1160. The summed E-state index contributed by atoms with van der Waals surface area (Å²) >= 11 is 1.36. The van der Waals surface area contributed by atoms with E-state index in [0.717, 1.165) is 10.8 Å². The predicted octanol–water partition coefficient (Wildman–Crippen LogP) is -4.88. The van der Waals surface area contributed by atoms with Crippen molar-refractivity contribution in [3.63, 3.8) is 0 Å². The Kier molecular flexibility index (Phi) is 10.2. The van der Waals surface area contributed by atoms with Crippen LogP contribution in [0.15, 0.2) is 46.1 Å². The van der Waals surface area contributed by atoms with Gasteiger partial charge in [-0.1, -0.05) is 10.1 Å². The summed E-state index contributed by atoms with van der Waals surface area (Å²) in [5.74, 6) is 0. The van der Waals surface area contributed by atoms with Gasteiger partial charge in [0.15, 0.2) is 5.43 Å². The van der Waals surface area contributed by atoms with E-state index in [1.807, 2.05) is 0 Å². The van der Waals surface area contributed by atoms with Gasteiger partial charge in [-0.3, -0.25) is 4.79 Å². The van der Waals surface area contributed by atoms with Gasteiger partial charge in [0.05, 0.1) is 4.90 Å². The molecule has 2 aromatic carbocycles. The molecule has 7 nitrogen and oxygen atoms in total. The molecule has 0 N–H and O–H groups in total. The van der Waals surface area contributed by atoms with E-state index in [1.165, 1.54) is 23.5 Å². The zero-order valence-electron chi connectivity index (χ0n) is 13.0. The number of fused-ring (bicyclic) bond motifs is 2. The van der Waals surface area contributed by atoms with Crippen LogP contribution < -0.4 is 64.5 Å². The summed E-state index contributed by atoms with van der Waals surface area (Å²) in [7, 11) is -7.67. The van der Waals surface area contributed by atoms with E-state index >= 15 is 0 Å². The third kappa shape index (κ3) is 6.51. The molecule has 0 radical (unpaired) electrons. The minimum absolute atomic E-state index is 0. The number of rotatable bonds is 1. The van der Waals surface area contributed by atoms with E-state index in [4.69, 9.17) is 12.6 Å². The summed E-state index contributed by atoms with van der Waals surface area (Å²) in [5.41, 5.74) is -0.275. The average molecular weight is 416 g/mol. The first-order valence-corrected chi connectivity index (χ1v) is 9.02. The van der Waals surface area contributed by atoms with Gasteiger partial charge < -0.3 is 4.55 Å². The number of hydrogen-bond donors (Lipinski definition) is 0. The second-order valence-electron chi connectivity index (χ2n) is 4.17. The molecule has 0 spiro atoms. The van der Waals surface area contributed by atoms with E-state index in [1.54, 1.807) is 18.2 Å². The third-order valence-electron chi connectivity index (χ3n) is 2.77. The Morgan fingerprint density at radius 3 is 2.16 bits per heavy atom. The van der Waals surface area contributed by atoms with Gasteiger partial charge >= 0.3 is 69.7 Å². The van der Waals surface area contributed by atoms with Gasteiger partial charge in [-0.05, 0) is 18.2 Å². The fraction of sp³-hybridized carbons (Fsp3) is 0. The summed E-state index contributed by atoms with van der Waals surface area (Å²) in [5, 5.41) is 0.748. The summed E-state index contributed by atoms with van der Waals surface area (Å²) in [6.45, 7) is 0. The molecule has 0 saturated carbocycles. The van der Waals surface area contributed by atoms with Crippen LogP contribution in [0, 0.1) is 6.07 Å². The molecule has 3 aromatic rings. The van der Waals surface area contributed by atoms with Crippen molar-refractivity contribution in [1.82, 2.24) is 0 Å². The van der Waals surface area contributed by atoms with Gasteiger partial charge in [0, 0.05) is 10.1 Å². The first kappa shape index (κ1) is 24.9. The van der Waals surface area contributed by atoms with Gasteiger partial charge in [-0.25, -0.2) is 19.8 Å². The molecule has 0 amide bonds. The van der Waals surface area contributed by atoms with Gasteiger partial charge in [0.25, 0.3) is 0 Å². The second-order valence-corrected chi connectivity index (χ2v) is 7.04. The summed E-state index contributed by atoms with van der Waals surface area (Å²) in [6.07, 6.45) is 0. The fourth-order valence-electron chi connectivity index (χ4n) is 1.88. The summed E-state index contributed by atoms with van der Waals surface area (Å²) in [6, 6.07) is 11.7. The molecule has 120 valence electrons. The molecule has 1 heterocycles. The first-order chi connectivity index (χ1) is 10.7. The summed E-state index contributed by atoms with van der Waals surface area (Å²) in [4.78, 5) is 11.9. The van der Waals surface area contributed by atoms with Crippen LogP contribution in [-0.2, 0) is 20.7 Å². The molecule has 0 aliphatic rings. The van der Waals surface area contributed by atoms with Crippen LogP contribution in [0.5, 0.6) is 0 Å². The standard InChI is InChI=1S/C13H7O4S2.2Na.O3S/c14-13-9-3-1-2-4-11(9)18-12-6-5-8(7-10(12)13)19(15,16)17;;;1-4(2)3/h1,3-7H,(H,15,16,17);;;/q-1;2*+1;/p-1. The molecular formula is C13H6Na2O7S3. The predicted molar refractivity (Wildman–Crippen MR) is 82.1 cm³/mol. The Hall–Kier alpha value is -0.140. The molecule has 0 aliphatic heterocycles. The third-order valence-corrected chi connectivity index (χ3v) is 4.74. The molecule has 0 fully saturated rings. The van der Waals surface area contributed by atoms with Crippen molar-refractivity contribution in [2.75, 3.05) is 0 Å². The largest absolute Gasteiger partial charge is 1.00 e. The van der Waals surface area contributed by atoms with Crippen molar-refractivity contribution in [2.24, 2.45) is 0 Å². The molecule has 12 heteroatoms. The van der Waals surface area contributed by atoms with Crippen LogP contribution in [0.3, 0.4) is 0 Å². The van der Waals surface area contributed by atoms with Crippen molar-refractivity contribution in [3.05, 3.63) is 52.7 Å². The van der Waals surface area contributed by atoms with Crippen LogP contribution >= 0.6 is 11.3 Å². The van der Waals surface area contributed by atoms with Gasteiger partial charge in [0.2, 0.25) is 0 Å². The van der Waals surface area contributed by atoms with Crippen LogP contribution in [0.1, 0.15) is 0 Å². The van der Waals surface area contributed by atoms with E-state index in [0.29, 0.717) is 10.1 Å². The van der Waals surface area contributed by atoms with Crippen LogP contribution in [0.2, 0.25) is 0 Å². The Labute approximate surface area is 192 Å². The van der Waals surface area contributed by atoms with Gasteiger partial charge in [-0.2, -0.15) is 24.3 Å². The van der Waals surface area contributed by atoms with E-state index in [-0.39, 0.29) is 74.8 Å². The normalized spacial score (nSPS) is 10.1. The minimum Gasteiger partial charge on any atom is -0.744 e. The zero-order valence-corrected chi connectivity index (χ0v) is 19.5. The van der Waals surface area contributed by atoms with Crippen LogP contribution in [0.4, 0.5) is 0 Å². The Morgan fingerprint density at radius 1 is 1.00 bits per heavy atom. The second kappa shape index (κ2) is 10.3. The van der Waals surface area contributed by atoms with Gasteiger partial charge in [0.1, 0.15) is 10.1 Å². The van der Waals surface area contributed by atoms with E-state index in [2.05, 4.69) is 6.07 Å². The number of benzene rings is 2. The SMILES string of the molecule is O=S(=O)=O.O=c1c2cc[c-]cc2sc2ccc(S(=O)(=O)[O-])cc12.[Na+].[Na+]. The smallest absolute Gasteiger partial charge is 0.744 e. The monoisotopic (exact) mass is 416 g/mol. The Morgan fingerprint density at radius 2 is 1.60 bits per heavy atom. The molecule has 25 heavy (non-hydrogen) atoms. The van der Waals surface area contributed by atoms with Crippen LogP contribution in [-0.4, -0.2) is 25.6 Å². The topological polar surface area (TPSA) is 125 Å². The van der Waals surface area contributed by atoms with Gasteiger partial charge in [-0.15, -0.1) is 12.6 Å². The fourth-order valence-corrected chi connectivity index (χ4v) is 3.41. The molecular weight excluding hydrogens is 410 g/mol. The minimum atomic E-state index is -4.55. The van der Waals surface area contributed by atoms with Crippen molar-refractivity contribution >= 4 is 52.2 Å². The molecule has 0 aliphatic carbocycles. The maximum absolute atomic E-state index is 12.3. The maximum Gasteiger partial charge on any atom is 1.00 e. The average Bonchev–Trinajstić information content (AvgIpc) is 2.45. The van der Waals surface area contributed by atoms with Crippen molar-refractivity contribution in [1.29, 1.82) is 0 Å². The zero-order chi connectivity index (χ0) is 17.2. The van der Waals surface area contributed by atoms with E-state index < -0.39 is 20.7 Å². The Balaban J connectivity index is 0.000000874. The molecule has 0 atom stereocenters. The van der Waals surface area contributed by atoms with E-state index in [9.17, 15) is 17.8 Å². The van der Waals surface area contributed by atoms with Crippen LogP contribution in [0.25, 0.3) is 20.2 Å². The van der Waals surface area contributed by atoms with Crippen molar-refractivity contribution < 1.29 is 84.7 Å². The molecule has 0 unspecified atom stereocenters. The quantitative estimate of drug-likeness (QED) is 0.169. The first-order valence-electron chi connectivity index (χ1n) is 5.79. The molecule has 1 aromatic heterocycles. The number of hydrogen-bond acceptors (Lipinski definition) is 8. The maximum atomic E-state index is 12.3. The molecule has 0 bridgehead atoms. The summed E-state index contributed by atoms with van der Waals surface area (Å²) < 4.78 is 59.7. The molecule has 3 rings (SSSR count). The molecule has 0 saturated heterocycles.